The van der Waals surface area contributed by atoms with Crippen LogP contribution < -0.4 is 0 Å². The molecular weight excluding hydrogens is 172 g/mol. The molecule has 0 aliphatic rings. The van der Waals surface area contributed by atoms with E-state index in [2.05, 4.69) is 26.0 Å². The molecule has 0 aliphatic carbocycles. The maximum absolute atomic E-state index is 11.3. The van der Waals surface area contributed by atoms with E-state index in [0.717, 1.165) is 38.5 Å². The zero-order valence-electron chi connectivity index (χ0n) is 9.72. The number of carbonyl (C=O) groups excluding carboxylic acids is 1. The molecule has 0 N–H and O–H groups in total. The van der Waals surface area contributed by atoms with Crippen LogP contribution in [-0.4, -0.2) is 5.78 Å². The summed E-state index contributed by atoms with van der Waals surface area (Å²) >= 11 is 0. The smallest absolute Gasteiger partial charge is 0.132 e. The third-order valence-electron chi connectivity index (χ3n) is 2.26. The first kappa shape index (κ1) is 13.4. The lowest BCUT2D eigenvalue weighted by Gasteiger charge is -1.97. The van der Waals surface area contributed by atoms with E-state index in [9.17, 15) is 4.79 Å². The average Bonchev–Trinajstić information content (AvgIpc) is 2.20. The average molecular weight is 196 g/mol. The maximum atomic E-state index is 11.3. The molecule has 0 aliphatic heterocycles. The largest absolute Gasteiger partial charge is 0.300 e. The van der Waals surface area contributed by atoms with Gasteiger partial charge in [-0.1, -0.05) is 38.8 Å². The highest BCUT2D eigenvalue weighted by Crippen LogP contribution is 2.04. The van der Waals surface area contributed by atoms with Gasteiger partial charge in [0.1, 0.15) is 5.78 Å². The zero-order chi connectivity index (χ0) is 10.6. The maximum Gasteiger partial charge on any atom is 0.132 e. The molecule has 0 atom stereocenters. The number of unbranched alkanes of at least 4 members (excludes halogenated alkanes) is 3. The third-order valence-corrected chi connectivity index (χ3v) is 2.26. The normalized spacial score (nSPS) is 11.0. The second-order valence-corrected chi connectivity index (χ2v) is 3.79. The monoisotopic (exact) mass is 196 g/mol. The molecule has 0 unspecified atom stereocenters. The predicted octanol–water partition coefficient (Wildman–Crippen LogP) is 4.27. The Bertz CT molecular complexity index is 159. The van der Waals surface area contributed by atoms with Gasteiger partial charge in [0.05, 0.1) is 0 Å². The summed E-state index contributed by atoms with van der Waals surface area (Å²) in [6.07, 6.45) is 12.7. The minimum absolute atomic E-state index is 0.441. The van der Waals surface area contributed by atoms with E-state index in [0.29, 0.717) is 5.78 Å². The summed E-state index contributed by atoms with van der Waals surface area (Å²) in [4.78, 5) is 11.3. The van der Waals surface area contributed by atoms with Gasteiger partial charge >= 0.3 is 0 Å². The summed E-state index contributed by atoms with van der Waals surface area (Å²) < 4.78 is 0. The minimum atomic E-state index is 0.441. The fourth-order valence-electron chi connectivity index (χ4n) is 1.32. The molecule has 1 nitrogen and oxygen atoms in total. The van der Waals surface area contributed by atoms with Crippen molar-refractivity contribution in [2.24, 2.45) is 0 Å². The molecule has 0 fully saturated rings. The molecule has 0 amide bonds. The highest BCUT2D eigenvalue weighted by Gasteiger charge is 1.98. The molecule has 0 spiro atoms. The number of Topliss-reactive ketones (excluding diaryl/α,β-unsaturated/α-hetero) is 1. The highest BCUT2D eigenvalue weighted by atomic mass is 16.1. The van der Waals surface area contributed by atoms with E-state index in [1.54, 1.807) is 0 Å². The van der Waals surface area contributed by atoms with Crippen LogP contribution in [0.4, 0.5) is 0 Å². The number of rotatable bonds is 9. The number of hydrogen-bond donors (Lipinski definition) is 0. The van der Waals surface area contributed by atoms with Crippen LogP contribution in [0.15, 0.2) is 12.2 Å². The Kier molecular flexibility index (Phi) is 10.0. The van der Waals surface area contributed by atoms with Crippen LogP contribution in [0.3, 0.4) is 0 Å². The van der Waals surface area contributed by atoms with Crippen molar-refractivity contribution < 1.29 is 4.79 Å². The van der Waals surface area contributed by atoms with E-state index in [4.69, 9.17) is 0 Å². The molecule has 0 aromatic carbocycles. The van der Waals surface area contributed by atoms with Crippen molar-refractivity contribution in [2.45, 2.75) is 65.2 Å². The molecule has 0 radical (unpaired) electrons. The standard InChI is InChI=1S/C13H24O/c1-3-5-7-8-9-10-12-13(14)11-6-4-2/h7-8H,3-6,9-12H2,1-2H3. The van der Waals surface area contributed by atoms with Crippen molar-refractivity contribution in [3.63, 3.8) is 0 Å². The molecule has 0 bridgehead atoms. The van der Waals surface area contributed by atoms with Gasteiger partial charge in [-0.25, -0.2) is 0 Å². The van der Waals surface area contributed by atoms with Crippen molar-refractivity contribution in [1.29, 1.82) is 0 Å². The van der Waals surface area contributed by atoms with Gasteiger partial charge in [-0.15, -0.1) is 0 Å². The van der Waals surface area contributed by atoms with Gasteiger partial charge in [0, 0.05) is 12.8 Å². The topological polar surface area (TPSA) is 17.1 Å². The number of carbonyl (C=O) groups is 1. The second kappa shape index (κ2) is 10.5. The van der Waals surface area contributed by atoms with E-state index in [1.165, 1.54) is 12.8 Å². The van der Waals surface area contributed by atoms with Crippen molar-refractivity contribution in [3.8, 4) is 0 Å². The lowest BCUT2D eigenvalue weighted by Crippen LogP contribution is -1.96. The summed E-state index contributed by atoms with van der Waals surface area (Å²) in [5.41, 5.74) is 0. The first-order chi connectivity index (χ1) is 6.81. The molecule has 0 rings (SSSR count). The van der Waals surface area contributed by atoms with Gasteiger partial charge in [0.2, 0.25) is 0 Å². The molecule has 0 heterocycles. The van der Waals surface area contributed by atoms with E-state index in [1.807, 2.05) is 0 Å². The Morgan fingerprint density at radius 2 is 1.57 bits per heavy atom. The van der Waals surface area contributed by atoms with Crippen LogP contribution >= 0.6 is 0 Å². The molecule has 1 heteroatoms. The summed E-state index contributed by atoms with van der Waals surface area (Å²) in [6.45, 7) is 4.30. The van der Waals surface area contributed by atoms with Gasteiger partial charge in [0.15, 0.2) is 0 Å². The summed E-state index contributed by atoms with van der Waals surface area (Å²) in [6, 6.07) is 0. The summed E-state index contributed by atoms with van der Waals surface area (Å²) in [5.74, 6) is 0.441. The van der Waals surface area contributed by atoms with Gasteiger partial charge in [-0.05, 0) is 25.7 Å². The molecule has 82 valence electrons. The molecule has 0 saturated heterocycles. The fraction of sp³-hybridized carbons (Fsp3) is 0.769. The van der Waals surface area contributed by atoms with E-state index >= 15 is 0 Å². The van der Waals surface area contributed by atoms with Crippen molar-refractivity contribution >= 4 is 5.78 Å². The Hall–Kier alpha value is -0.590. The van der Waals surface area contributed by atoms with E-state index < -0.39 is 0 Å². The minimum Gasteiger partial charge on any atom is -0.300 e. The van der Waals surface area contributed by atoms with E-state index in [-0.39, 0.29) is 0 Å². The van der Waals surface area contributed by atoms with Crippen LogP contribution in [0.2, 0.25) is 0 Å². The van der Waals surface area contributed by atoms with Crippen molar-refractivity contribution in [2.75, 3.05) is 0 Å². The molecule has 0 aromatic heterocycles. The molecule has 14 heavy (non-hydrogen) atoms. The lowest BCUT2D eigenvalue weighted by atomic mass is 10.1. The van der Waals surface area contributed by atoms with Crippen LogP contribution in [0.5, 0.6) is 0 Å². The van der Waals surface area contributed by atoms with Gasteiger partial charge < -0.3 is 0 Å². The van der Waals surface area contributed by atoms with Gasteiger partial charge in [0.25, 0.3) is 0 Å². The van der Waals surface area contributed by atoms with Crippen LogP contribution in [0.1, 0.15) is 65.2 Å². The Balaban J connectivity index is 3.22. The van der Waals surface area contributed by atoms with Crippen LogP contribution in [0.25, 0.3) is 0 Å². The predicted molar refractivity (Wildman–Crippen MR) is 62.4 cm³/mol. The summed E-state index contributed by atoms with van der Waals surface area (Å²) in [7, 11) is 0. The zero-order valence-corrected chi connectivity index (χ0v) is 9.72. The van der Waals surface area contributed by atoms with Crippen LogP contribution in [0, 0.1) is 0 Å². The lowest BCUT2D eigenvalue weighted by molar-refractivity contribution is -0.119. The first-order valence-electron chi connectivity index (χ1n) is 5.98. The first-order valence-corrected chi connectivity index (χ1v) is 5.98. The number of ketones is 1. The van der Waals surface area contributed by atoms with Gasteiger partial charge in [-0.3, -0.25) is 4.79 Å². The van der Waals surface area contributed by atoms with Crippen LogP contribution in [-0.2, 0) is 4.79 Å². The summed E-state index contributed by atoms with van der Waals surface area (Å²) in [5, 5.41) is 0. The Morgan fingerprint density at radius 1 is 0.929 bits per heavy atom. The van der Waals surface area contributed by atoms with Crippen molar-refractivity contribution in [1.82, 2.24) is 0 Å². The quantitative estimate of drug-likeness (QED) is 0.397. The Morgan fingerprint density at radius 3 is 2.21 bits per heavy atom. The number of allylic oxidation sites excluding steroid dienone is 2. The third kappa shape index (κ3) is 9.50. The second-order valence-electron chi connectivity index (χ2n) is 3.79. The molecule has 0 saturated carbocycles. The highest BCUT2D eigenvalue weighted by molar-refractivity contribution is 5.78. The fourth-order valence-corrected chi connectivity index (χ4v) is 1.32. The molecular formula is C13H24O. The van der Waals surface area contributed by atoms with Crippen molar-refractivity contribution in [3.05, 3.63) is 12.2 Å². The number of hydrogen-bond acceptors (Lipinski definition) is 1. The SMILES string of the molecule is CCCC=CCCCC(=O)CCCC. The molecule has 0 aromatic rings. The Labute approximate surface area is 88.6 Å². The van der Waals surface area contributed by atoms with Gasteiger partial charge in [-0.2, -0.15) is 0 Å².